The van der Waals surface area contributed by atoms with E-state index in [-0.39, 0.29) is 57.3 Å². The molecular weight excluding hydrogens is 1880 g/mol. The fourth-order valence-corrected chi connectivity index (χ4v) is 26.6. The Morgan fingerprint density at radius 2 is 0.638 bits per heavy atom. The number of fused-ring (bicyclic) bond motifs is 18. The van der Waals surface area contributed by atoms with Crippen LogP contribution in [0.15, 0.2) is 285 Å². The van der Waals surface area contributed by atoms with Gasteiger partial charge in [-0.05, 0) is 229 Å². The zero-order valence-electron chi connectivity index (χ0n) is 72.4. The van der Waals surface area contributed by atoms with Gasteiger partial charge in [-0.2, -0.15) is 0 Å². The molecule has 0 bridgehead atoms. The maximum Gasteiger partial charge on any atom is 0.249 e. The molecule has 9 aromatic heterocycles. The molecule has 15 heterocycles. The molecule has 18 aromatic rings. The van der Waals surface area contributed by atoms with Crippen LogP contribution in [-0.4, -0.2) is 175 Å². The van der Waals surface area contributed by atoms with E-state index in [1.165, 1.54) is 50.2 Å². The smallest absolute Gasteiger partial charge is 0.249 e. The molecule has 9 aromatic carbocycles. The van der Waals surface area contributed by atoms with Crippen LogP contribution < -0.4 is 37.5 Å². The Balaban J connectivity index is 0.000000106. The highest BCUT2D eigenvalue weighted by atomic mass is 32.2. The summed E-state index contributed by atoms with van der Waals surface area (Å²) in [6.07, 6.45) is 18.2. The number of nitrogens with zero attached hydrogens (tertiary/aromatic N) is 14. The van der Waals surface area contributed by atoms with Crippen LogP contribution in [0.25, 0.3) is 65.4 Å². The maximum absolute atomic E-state index is 12.1. The number of aryl methyl sites for hydroxylation is 6. The number of sulfone groups is 6. The molecule has 0 saturated carbocycles. The minimum atomic E-state index is -3.23. The molecule has 0 atom stereocenters. The van der Waals surface area contributed by atoms with Crippen molar-refractivity contribution >= 4 is 182 Å². The van der Waals surface area contributed by atoms with Gasteiger partial charge in [0.2, 0.25) is 5.56 Å². The summed E-state index contributed by atoms with van der Waals surface area (Å²) in [7, 11) is -19.2. The van der Waals surface area contributed by atoms with Gasteiger partial charge in [0.15, 0.2) is 59.0 Å². The largest absolute Gasteiger partial charge is 0.508 e. The average Bonchev–Trinajstić information content (AvgIpc) is 1.56. The molecule has 10 N–H and O–H groups in total. The number of pyridine rings is 3. The summed E-state index contributed by atoms with van der Waals surface area (Å²) in [6.45, 7) is 1.11. The fraction of sp³-hybridized carbons (Fsp3) is 0.147. The summed E-state index contributed by atoms with van der Waals surface area (Å²) in [5, 5.41) is 52.3. The second kappa shape index (κ2) is 37.4. The predicted octanol–water partition coefficient (Wildman–Crippen LogP) is 12.6. The highest BCUT2D eigenvalue weighted by molar-refractivity contribution is 7.93. The Morgan fingerprint density at radius 3 is 1.01 bits per heavy atom. The number of phenols is 3. The van der Waals surface area contributed by atoms with Crippen molar-refractivity contribution in [2.75, 3.05) is 66.4 Å². The van der Waals surface area contributed by atoms with Gasteiger partial charge in [-0.3, -0.25) is 14.8 Å². The van der Waals surface area contributed by atoms with Crippen molar-refractivity contribution in [2.45, 2.75) is 81.0 Å². The molecule has 24 rings (SSSR count). The van der Waals surface area contributed by atoms with Crippen molar-refractivity contribution in [1.29, 1.82) is 0 Å². The summed E-state index contributed by atoms with van der Waals surface area (Å²) in [5.41, 5.74) is 13.1. The monoisotopic (exact) mass is 1960 g/mol. The van der Waals surface area contributed by atoms with Gasteiger partial charge < -0.3 is 52.2 Å². The first-order chi connectivity index (χ1) is 66.5. The minimum Gasteiger partial charge on any atom is -0.508 e. The van der Waals surface area contributed by atoms with Crippen LogP contribution in [0.3, 0.4) is 0 Å². The van der Waals surface area contributed by atoms with Gasteiger partial charge in [0, 0.05) is 92.8 Å². The number of phenolic OH excluding ortho intramolecular Hbond substituents is 3. The molecule has 0 aliphatic carbocycles. The van der Waals surface area contributed by atoms with E-state index in [1.807, 2.05) is 30.3 Å². The molecule has 6 aliphatic heterocycles. The van der Waals surface area contributed by atoms with Crippen molar-refractivity contribution in [3.05, 3.63) is 306 Å². The molecule has 37 nitrogen and oxygen atoms in total. The number of nitrogens with one attached hydrogen (secondary N) is 7. The van der Waals surface area contributed by atoms with E-state index in [4.69, 9.17) is 0 Å². The van der Waals surface area contributed by atoms with E-state index in [2.05, 4.69) is 107 Å². The summed E-state index contributed by atoms with van der Waals surface area (Å²) in [5.74, 6) is 4.55. The van der Waals surface area contributed by atoms with E-state index in [9.17, 15) is 70.6 Å². The second-order valence-corrected chi connectivity index (χ2v) is 44.8. The Hall–Kier alpha value is -15.8. The maximum atomic E-state index is 12.1. The zero-order valence-corrected chi connectivity index (χ0v) is 77.3. The SMILES string of the molecule is O=S1(=O)CCc2c1ccc1ncnc(NCc3ccccn3)c21.O=S1(=O)CCc2c1ccc1ncnc(NCc3ccncc3)c21.O=S1(=O)CCc2c1ccc1ncnc(Nc3ccc(O)cc3)c21.O=S1(=O)CCc2c1ccc1ncnc(Nc3cccc(O)c3)c21.O=S1(=O)CCc2c1ccc1ncnc(Nc3ccccc3O)c21.O=c1cc(Nc2ncnc3ccc4c(c23)CCS4(=O)=O)cc[nH]1. The van der Waals surface area contributed by atoms with Gasteiger partial charge in [0.1, 0.15) is 90.1 Å². The standard InChI is InChI=1S/2C16H14N4O2S.3C16H13N3O3S.C15H12N4O3S/c21-23(22)8-5-12-14(23)2-1-13-15(12)16(20-10-19-13)18-9-11-3-6-17-7-4-11;21-23(22)8-6-12-14(23)5-4-13-15(12)16(20-10-19-13)18-9-11-3-1-2-7-17-11;20-11-3-1-10(2-4-11)19-16-15-12-7-8-23(21,22)14(12)6-5-13(15)17-9-18-16;20-11-3-1-2-10(8-11)19-16-15-12-6-7-23(21,22)14(12)5-4-13(15)17-9-18-16;20-13-4-2-1-3-11(13)19-16-15-10-7-8-23(21,22)14(10)6-5-12(15)17-9-18-16;20-13-7-9(3-5-16-13)19-15-14-10-4-6-23(21,22)12(10)2-1-11(14)17-8-18-15/h1-4,6-7,10H,5,8-9H2,(H,18,19,20);1-5,7,10H,6,8-9H2,(H,18,19,20);1-6,9,20H,7-8H2,(H,17,18,19);1-5,8-9,20H,6-7H2,(H,17,18,19);1-6,9,20H,7-8H2,(H,17,18,19);1-3,5,7-8H,4,6H2,(H2,16,17,18,19,20). The number of para-hydroxylation sites is 2. The number of aromatic amines is 1. The number of aromatic nitrogens is 15. The van der Waals surface area contributed by atoms with Gasteiger partial charge in [-0.25, -0.2) is 110 Å². The van der Waals surface area contributed by atoms with Crippen molar-refractivity contribution < 1.29 is 65.8 Å². The van der Waals surface area contributed by atoms with E-state index in [0.717, 1.165) is 82.9 Å². The molecule has 138 heavy (non-hydrogen) atoms. The van der Waals surface area contributed by atoms with Gasteiger partial charge in [-0.15, -0.1) is 0 Å². The van der Waals surface area contributed by atoms with Crippen LogP contribution in [0.2, 0.25) is 0 Å². The van der Waals surface area contributed by atoms with Crippen molar-refractivity contribution in [2.24, 2.45) is 0 Å². The molecule has 6 aliphatic rings. The molecule has 0 unspecified atom stereocenters. The third-order valence-electron chi connectivity index (χ3n) is 23.8. The first-order valence-electron chi connectivity index (χ1n) is 42.9. The first kappa shape index (κ1) is 91.3. The molecular formula is C95H79N21O16S6. The minimum absolute atomic E-state index is 0.0967. The van der Waals surface area contributed by atoms with Gasteiger partial charge >= 0.3 is 0 Å². The van der Waals surface area contributed by atoms with Gasteiger partial charge in [0.05, 0.1) is 115 Å². The van der Waals surface area contributed by atoms with E-state index < -0.39 is 59.0 Å². The lowest BCUT2D eigenvalue weighted by Gasteiger charge is -2.12. The van der Waals surface area contributed by atoms with Gasteiger partial charge in [-0.1, -0.05) is 24.3 Å². The topological polar surface area (TPSA) is 551 Å². The fourth-order valence-electron chi connectivity index (χ4n) is 17.3. The summed E-state index contributed by atoms with van der Waals surface area (Å²) >= 11 is 0. The predicted molar refractivity (Wildman–Crippen MR) is 519 cm³/mol. The Labute approximate surface area is 787 Å². The number of rotatable bonds is 14. The van der Waals surface area contributed by atoms with Crippen LogP contribution in [-0.2, 0) is 111 Å². The number of aromatic hydroxyl groups is 3. The van der Waals surface area contributed by atoms with Crippen molar-refractivity contribution in [3.63, 3.8) is 0 Å². The number of hydrogen-bond donors (Lipinski definition) is 10. The van der Waals surface area contributed by atoms with E-state index >= 15 is 0 Å². The lowest BCUT2D eigenvalue weighted by atomic mass is 10.1. The average molecular weight is 1960 g/mol. The normalized spacial score (nSPS) is 15.5. The Bertz CT molecular complexity index is 8600. The highest BCUT2D eigenvalue weighted by Gasteiger charge is 2.36. The molecule has 0 saturated heterocycles. The molecule has 0 radical (unpaired) electrons. The number of anilines is 10. The summed E-state index contributed by atoms with van der Waals surface area (Å²) < 4.78 is 145. The van der Waals surface area contributed by atoms with Crippen molar-refractivity contribution in [1.82, 2.24) is 74.8 Å². The summed E-state index contributed by atoms with van der Waals surface area (Å²) in [4.78, 5) is 75.5. The van der Waals surface area contributed by atoms with Crippen LogP contribution in [0.1, 0.15) is 44.6 Å². The molecule has 0 spiro atoms. The number of H-pyrrole nitrogens is 1. The molecule has 43 heteroatoms. The third-order valence-corrected chi connectivity index (χ3v) is 34.5. The van der Waals surface area contributed by atoms with Gasteiger partial charge in [0.25, 0.3) is 0 Å². The Kier molecular flexibility index (Phi) is 24.8. The third kappa shape index (κ3) is 18.8. The van der Waals surface area contributed by atoms with Crippen LogP contribution >= 0.6 is 0 Å². The highest BCUT2D eigenvalue weighted by Crippen LogP contribution is 2.43. The van der Waals surface area contributed by atoms with E-state index in [1.54, 1.807) is 170 Å². The van der Waals surface area contributed by atoms with Crippen LogP contribution in [0.5, 0.6) is 17.2 Å². The summed E-state index contributed by atoms with van der Waals surface area (Å²) in [6, 6.07) is 52.8. The lowest BCUT2D eigenvalue weighted by molar-refractivity contribution is 0.475. The quantitative estimate of drug-likeness (QED) is 0.0357. The molecule has 0 amide bonds. The lowest BCUT2D eigenvalue weighted by Crippen LogP contribution is -2.05. The number of benzene rings is 9. The molecule has 0 fully saturated rings. The van der Waals surface area contributed by atoms with Crippen LogP contribution in [0, 0.1) is 0 Å². The Morgan fingerprint density at radius 1 is 0.290 bits per heavy atom. The van der Waals surface area contributed by atoms with Crippen LogP contribution in [0.4, 0.5) is 57.7 Å². The van der Waals surface area contributed by atoms with Crippen molar-refractivity contribution in [3.8, 4) is 17.2 Å². The zero-order chi connectivity index (χ0) is 95.8. The molecule has 696 valence electrons. The second-order valence-electron chi connectivity index (χ2n) is 32.3. The van der Waals surface area contributed by atoms with E-state index in [0.29, 0.717) is 166 Å². The first-order valence-corrected chi connectivity index (χ1v) is 52.8. The number of hydrogen-bond acceptors (Lipinski definition) is 36.